The zero-order chi connectivity index (χ0) is 12.5. The molecule has 0 atom stereocenters. The third-order valence-corrected chi connectivity index (χ3v) is 3.82. The molecule has 1 aromatic carbocycles. The summed E-state index contributed by atoms with van der Waals surface area (Å²) < 4.78 is 16.0. The van der Waals surface area contributed by atoms with Gasteiger partial charge >= 0.3 is 0 Å². The van der Waals surface area contributed by atoms with E-state index in [1.54, 1.807) is 0 Å². The molecular weight excluding hydrogens is 297 g/mol. The highest BCUT2D eigenvalue weighted by atomic mass is 79.9. The highest BCUT2D eigenvalue weighted by Gasteiger charge is 2.18. The minimum Gasteiger partial charge on any atom is -0.328 e. The van der Waals surface area contributed by atoms with Gasteiger partial charge in [-0.05, 0) is 33.6 Å². The molecule has 0 saturated carbocycles. The van der Waals surface area contributed by atoms with E-state index in [0.29, 0.717) is 0 Å². The molecule has 1 aliphatic heterocycles. The van der Waals surface area contributed by atoms with E-state index in [-0.39, 0.29) is 5.82 Å². The molecule has 0 fully saturated rings. The van der Waals surface area contributed by atoms with E-state index in [2.05, 4.69) is 30.8 Å². The number of fused-ring (bicyclic) bond motifs is 1. The number of benzene rings is 1. The van der Waals surface area contributed by atoms with Crippen molar-refractivity contribution in [3.63, 3.8) is 0 Å². The van der Waals surface area contributed by atoms with E-state index in [9.17, 15) is 4.39 Å². The van der Waals surface area contributed by atoms with Crippen LogP contribution in [0.5, 0.6) is 0 Å². The Kier molecular flexibility index (Phi) is 3.18. The van der Waals surface area contributed by atoms with Crippen molar-refractivity contribution in [1.29, 1.82) is 0 Å². The second kappa shape index (κ2) is 4.82. The largest absolute Gasteiger partial charge is 0.328 e. The van der Waals surface area contributed by atoms with Crippen LogP contribution in [-0.2, 0) is 19.5 Å². The fourth-order valence-corrected chi connectivity index (χ4v) is 2.81. The van der Waals surface area contributed by atoms with E-state index in [1.807, 2.05) is 12.1 Å². The Morgan fingerprint density at radius 2 is 2.11 bits per heavy atom. The van der Waals surface area contributed by atoms with E-state index in [4.69, 9.17) is 0 Å². The average Bonchev–Trinajstić information content (AvgIpc) is 2.70. The SMILES string of the molecule is Fc1ccc(Cc2nc(Br)c3n2CCNC3)cc1. The summed E-state index contributed by atoms with van der Waals surface area (Å²) in [7, 11) is 0. The average molecular weight is 310 g/mol. The highest BCUT2D eigenvalue weighted by Crippen LogP contribution is 2.22. The van der Waals surface area contributed by atoms with Crippen molar-refractivity contribution in [1.82, 2.24) is 14.9 Å². The van der Waals surface area contributed by atoms with Gasteiger partial charge in [0.15, 0.2) is 0 Å². The van der Waals surface area contributed by atoms with Gasteiger partial charge in [0, 0.05) is 26.1 Å². The zero-order valence-electron chi connectivity index (χ0n) is 9.79. The topological polar surface area (TPSA) is 29.9 Å². The third kappa shape index (κ3) is 2.20. The Hall–Kier alpha value is -1.20. The Labute approximate surface area is 113 Å². The van der Waals surface area contributed by atoms with Gasteiger partial charge in [-0.2, -0.15) is 0 Å². The zero-order valence-corrected chi connectivity index (χ0v) is 11.4. The monoisotopic (exact) mass is 309 g/mol. The van der Waals surface area contributed by atoms with Crippen molar-refractivity contribution in [3.05, 3.63) is 51.8 Å². The normalized spacial score (nSPS) is 14.6. The van der Waals surface area contributed by atoms with Crippen LogP contribution in [0.1, 0.15) is 17.1 Å². The lowest BCUT2D eigenvalue weighted by Gasteiger charge is -2.18. The second-order valence-corrected chi connectivity index (χ2v) is 5.15. The number of nitrogens with zero attached hydrogens (tertiary/aromatic N) is 2. The molecule has 0 unspecified atom stereocenters. The predicted octanol–water partition coefficient (Wildman–Crippen LogP) is 2.48. The molecule has 2 aromatic rings. The van der Waals surface area contributed by atoms with Crippen LogP contribution in [0.2, 0.25) is 0 Å². The van der Waals surface area contributed by atoms with Gasteiger partial charge in [-0.25, -0.2) is 9.37 Å². The Morgan fingerprint density at radius 3 is 2.89 bits per heavy atom. The molecule has 0 aliphatic carbocycles. The van der Waals surface area contributed by atoms with Crippen molar-refractivity contribution < 1.29 is 4.39 Å². The van der Waals surface area contributed by atoms with Crippen LogP contribution in [0, 0.1) is 5.82 Å². The molecule has 3 nitrogen and oxygen atoms in total. The molecule has 18 heavy (non-hydrogen) atoms. The summed E-state index contributed by atoms with van der Waals surface area (Å²) in [5.74, 6) is 0.833. The summed E-state index contributed by atoms with van der Waals surface area (Å²) in [5.41, 5.74) is 2.27. The van der Waals surface area contributed by atoms with Crippen LogP contribution in [-0.4, -0.2) is 16.1 Å². The lowest BCUT2D eigenvalue weighted by molar-refractivity contribution is 0.503. The first-order valence-electron chi connectivity index (χ1n) is 5.93. The number of hydrogen-bond acceptors (Lipinski definition) is 2. The first-order chi connectivity index (χ1) is 8.74. The van der Waals surface area contributed by atoms with E-state index in [0.717, 1.165) is 42.0 Å². The molecule has 5 heteroatoms. The number of rotatable bonds is 2. The fraction of sp³-hybridized carbons (Fsp3) is 0.308. The molecule has 0 bridgehead atoms. The molecule has 3 rings (SSSR count). The Bertz CT molecular complexity index is 562. The van der Waals surface area contributed by atoms with Crippen molar-refractivity contribution in [2.24, 2.45) is 0 Å². The van der Waals surface area contributed by atoms with Crippen LogP contribution in [0.4, 0.5) is 4.39 Å². The van der Waals surface area contributed by atoms with Crippen LogP contribution in [0.3, 0.4) is 0 Å². The molecule has 2 heterocycles. The van der Waals surface area contributed by atoms with Crippen LogP contribution >= 0.6 is 15.9 Å². The summed E-state index contributed by atoms with van der Waals surface area (Å²) in [5, 5.41) is 3.33. The summed E-state index contributed by atoms with van der Waals surface area (Å²) in [4.78, 5) is 4.56. The summed E-state index contributed by atoms with van der Waals surface area (Å²) >= 11 is 3.50. The number of nitrogens with one attached hydrogen (secondary N) is 1. The maximum Gasteiger partial charge on any atom is 0.128 e. The smallest absolute Gasteiger partial charge is 0.128 e. The molecule has 1 N–H and O–H groups in total. The van der Waals surface area contributed by atoms with Gasteiger partial charge in [-0.3, -0.25) is 0 Å². The maximum absolute atomic E-state index is 12.9. The molecule has 1 aromatic heterocycles. The summed E-state index contributed by atoms with van der Waals surface area (Å²) in [6, 6.07) is 6.61. The van der Waals surface area contributed by atoms with Gasteiger partial charge in [-0.15, -0.1) is 0 Å². The molecule has 0 amide bonds. The van der Waals surface area contributed by atoms with E-state index in [1.165, 1.54) is 17.8 Å². The number of imidazole rings is 1. The quantitative estimate of drug-likeness (QED) is 0.923. The lowest BCUT2D eigenvalue weighted by atomic mass is 10.1. The summed E-state index contributed by atoms with van der Waals surface area (Å²) in [6.07, 6.45) is 0.735. The van der Waals surface area contributed by atoms with Crippen molar-refractivity contribution in [2.75, 3.05) is 6.54 Å². The molecule has 0 spiro atoms. The van der Waals surface area contributed by atoms with Gasteiger partial charge in [0.05, 0.1) is 5.69 Å². The van der Waals surface area contributed by atoms with Gasteiger partial charge in [0.1, 0.15) is 16.2 Å². The van der Waals surface area contributed by atoms with Crippen molar-refractivity contribution in [2.45, 2.75) is 19.5 Å². The first kappa shape index (κ1) is 11.9. The van der Waals surface area contributed by atoms with E-state index < -0.39 is 0 Å². The number of hydrogen-bond donors (Lipinski definition) is 1. The van der Waals surface area contributed by atoms with Crippen LogP contribution < -0.4 is 5.32 Å². The summed E-state index contributed by atoms with van der Waals surface area (Å²) in [6.45, 7) is 2.74. The van der Waals surface area contributed by atoms with Gasteiger partial charge in [0.25, 0.3) is 0 Å². The maximum atomic E-state index is 12.9. The Balaban J connectivity index is 1.91. The minimum absolute atomic E-state index is 0.200. The number of halogens is 2. The first-order valence-corrected chi connectivity index (χ1v) is 6.72. The third-order valence-electron chi connectivity index (χ3n) is 3.18. The minimum atomic E-state index is -0.200. The molecule has 1 aliphatic rings. The highest BCUT2D eigenvalue weighted by molar-refractivity contribution is 9.10. The van der Waals surface area contributed by atoms with Crippen molar-refractivity contribution >= 4 is 15.9 Å². The molecular formula is C13H13BrFN3. The fourth-order valence-electron chi connectivity index (χ4n) is 2.26. The van der Waals surface area contributed by atoms with Crippen molar-refractivity contribution in [3.8, 4) is 0 Å². The van der Waals surface area contributed by atoms with Crippen LogP contribution in [0.15, 0.2) is 28.9 Å². The van der Waals surface area contributed by atoms with Gasteiger partial charge < -0.3 is 9.88 Å². The van der Waals surface area contributed by atoms with Crippen LogP contribution in [0.25, 0.3) is 0 Å². The lowest BCUT2D eigenvalue weighted by Crippen LogP contribution is -2.28. The molecule has 0 saturated heterocycles. The van der Waals surface area contributed by atoms with Gasteiger partial charge in [0.2, 0.25) is 0 Å². The molecule has 94 valence electrons. The van der Waals surface area contributed by atoms with Gasteiger partial charge in [-0.1, -0.05) is 12.1 Å². The Morgan fingerprint density at radius 1 is 1.33 bits per heavy atom. The second-order valence-electron chi connectivity index (χ2n) is 4.40. The predicted molar refractivity (Wildman–Crippen MR) is 70.8 cm³/mol. The van der Waals surface area contributed by atoms with E-state index >= 15 is 0 Å². The molecule has 0 radical (unpaired) electrons. The number of aromatic nitrogens is 2. The standard InChI is InChI=1S/C13H13BrFN3/c14-13-11-8-16-5-6-18(11)12(17-13)7-9-1-3-10(15)4-2-9/h1-4,16H,5-8H2.